The molecule has 1 atom stereocenters. The van der Waals surface area contributed by atoms with Crippen LogP contribution >= 0.6 is 0 Å². The highest BCUT2D eigenvalue weighted by atomic mass is 16.6. The van der Waals surface area contributed by atoms with Gasteiger partial charge in [-0.2, -0.15) is 0 Å². The van der Waals surface area contributed by atoms with E-state index in [0.717, 1.165) is 0 Å². The minimum Gasteiger partial charge on any atom is -0.480 e. The van der Waals surface area contributed by atoms with E-state index in [9.17, 15) is 24.3 Å². The SMILES string of the molecule is CN(C)C(=O)/C=C/CCC(NC(=O)OCCN(C)C(=O)OC(C)(C)C)C(=O)O. The van der Waals surface area contributed by atoms with Crippen LogP contribution in [0.1, 0.15) is 33.6 Å². The summed E-state index contributed by atoms with van der Waals surface area (Å²) in [6.45, 7) is 5.18. The van der Waals surface area contributed by atoms with Crippen LogP contribution in [0.25, 0.3) is 0 Å². The number of nitrogens with one attached hydrogen (secondary N) is 1. The second-order valence-electron chi connectivity index (χ2n) is 7.29. The summed E-state index contributed by atoms with van der Waals surface area (Å²) in [7, 11) is 4.70. The summed E-state index contributed by atoms with van der Waals surface area (Å²) >= 11 is 0. The van der Waals surface area contributed by atoms with Crippen LogP contribution in [0.4, 0.5) is 9.59 Å². The summed E-state index contributed by atoms with van der Waals surface area (Å²) in [4.78, 5) is 48.8. The van der Waals surface area contributed by atoms with E-state index < -0.39 is 29.8 Å². The minimum atomic E-state index is -1.21. The van der Waals surface area contributed by atoms with Crippen molar-refractivity contribution in [3.63, 3.8) is 0 Å². The molecule has 2 N–H and O–H groups in total. The molecule has 0 rings (SSSR count). The molecule has 0 aromatic rings. The lowest BCUT2D eigenvalue weighted by atomic mass is 10.1. The zero-order valence-electron chi connectivity index (χ0n) is 17.4. The third-order valence-corrected chi connectivity index (χ3v) is 3.28. The first-order chi connectivity index (χ1) is 12.8. The minimum absolute atomic E-state index is 0.0927. The fourth-order valence-corrected chi connectivity index (χ4v) is 1.74. The van der Waals surface area contributed by atoms with Crippen LogP contribution in [-0.4, -0.2) is 84.9 Å². The number of carbonyl (C=O) groups is 4. The van der Waals surface area contributed by atoms with E-state index in [1.807, 2.05) is 0 Å². The first-order valence-electron chi connectivity index (χ1n) is 8.81. The number of alkyl carbamates (subject to hydrolysis) is 1. The van der Waals surface area contributed by atoms with E-state index in [-0.39, 0.29) is 31.9 Å². The number of hydrogen-bond donors (Lipinski definition) is 2. The first-order valence-corrected chi connectivity index (χ1v) is 8.81. The zero-order chi connectivity index (χ0) is 21.9. The van der Waals surface area contributed by atoms with Gasteiger partial charge in [0.1, 0.15) is 18.2 Å². The number of hydrogen-bond acceptors (Lipinski definition) is 6. The van der Waals surface area contributed by atoms with Crippen molar-refractivity contribution in [2.75, 3.05) is 34.3 Å². The lowest BCUT2D eigenvalue weighted by molar-refractivity contribution is -0.139. The smallest absolute Gasteiger partial charge is 0.410 e. The van der Waals surface area contributed by atoms with Gasteiger partial charge in [-0.25, -0.2) is 14.4 Å². The molecule has 0 spiro atoms. The van der Waals surface area contributed by atoms with Crippen LogP contribution in [0.15, 0.2) is 12.2 Å². The molecule has 0 aliphatic rings. The largest absolute Gasteiger partial charge is 0.480 e. The molecule has 10 heteroatoms. The van der Waals surface area contributed by atoms with Crippen LogP contribution in [-0.2, 0) is 19.1 Å². The van der Waals surface area contributed by atoms with Crippen molar-refractivity contribution in [3.05, 3.63) is 12.2 Å². The van der Waals surface area contributed by atoms with Crippen molar-refractivity contribution in [1.82, 2.24) is 15.1 Å². The van der Waals surface area contributed by atoms with Crippen LogP contribution in [0.5, 0.6) is 0 Å². The van der Waals surface area contributed by atoms with Crippen LogP contribution in [0.2, 0.25) is 0 Å². The molecule has 0 bridgehead atoms. The fraction of sp³-hybridized carbons (Fsp3) is 0.667. The average molecular weight is 401 g/mol. The molecular formula is C18H31N3O7. The Morgan fingerprint density at radius 2 is 1.75 bits per heavy atom. The van der Waals surface area contributed by atoms with Gasteiger partial charge >= 0.3 is 18.2 Å². The molecule has 0 saturated carbocycles. The maximum absolute atomic E-state index is 11.8. The topological polar surface area (TPSA) is 125 Å². The highest BCUT2D eigenvalue weighted by Crippen LogP contribution is 2.08. The van der Waals surface area contributed by atoms with Gasteiger partial charge in [0.05, 0.1) is 6.54 Å². The van der Waals surface area contributed by atoms with Gasteiger partial charge in [0.25, 0.3) is 0 Å². The van der Waals surface area contributed by atoms with Gasteiger partial charge in [0.15, 0.2) is 0 Å². The molecule has 0 saturated heterocycles. The number of carboxylic acid groups (broad SMARTS) is 1. The lowest BCUT2D eigenvalue weighted by Crippen LogP contribution is -2.42. The summed E-state index contributed by atoms with van der Waals surface area (Å²) in [5, 5.41) is 11.4. The van der Waals surface area contributed by atoms with Gasteiger partial charge in [-0.1, -0.05) is 6.08 Å². The molecule has 28 heavy (non-hydrogen) atoms. The number of nitrogens with zero attached hydrogens (tertiary/aromatic N) is 2. The van der Waals surface area contributed by atoms with Gasteiger partial charge in [0.2, 0.25) is 5.91 Å². The Labute approximate surface area is 165 Å². The van der Waals surface area contributed by atoms with Gasteiger partial charge < -0.3 is 29.7 Å². The molecule has 3 amide bonds. The number of carbonyl (C=O) groups excluding carboxylic acids is 3. The second-order valence-corrected chi connectivity index (χ2v) is 7.29. The number of ether oxygens (including phenoxy) is 2. The third kappa shape index (κ3) is 11.8. The molecule has 0 fully saturated rings. The summed E-state index contributed by atoms with van der Waals surface area (Å²) in [5.41, 5.74) is -0.635. The summed E-state index contributed by atoms with van der Waals surface area (Å²) < 4.78 is 10.1. The predicted octanol–water partition coefficient (Wildman–Crippen LogP) is 1.46. The molecule has 0 aromatic heterocycles. The van der Waals surface area contributed by atoms with Crippen molar-refractivity contribution >= 4 is 24.1 Å². The van der Waals surface area contributed by atoms with Crippen molar-refractivity contribution in [2.45, 2.75) is 45.3 Å². The highest BCUT2D eigenvalue weighted by Gasteiger charge is 2.21. The van der Waals surface area contributed by atoms with E-state index in [2.05, 4.69) is 5.32 Å². The van der Waals surface area contributed by atoms with E-state index in [4.69, 9.17) is 9.47 Å². The summed E-state index contributed by atoms with van der Waals surface area (Å²) in [6.07, 6.45) is 1.81. The molecule has 1 unspecified atom stereocenters. The number of aliphatic carboxylic acids is 1. The van der Waals surface area contributed by atoms with E-state index in [1.165, 1.54) is 22.9 Å². The molecule has 0 aliphatic carbocycles. The van der Waals surface area contributed by atoms with Crippen molar-refractivity contribution in [3.8, 4) is 0 Å². The number of amides is 3. The zero-order valence-corrected chi connectivity index (χ0v) is 17.4. The molecule has 0 aliphatic heterocycles. The maximum Gasteiger partial charge on any atom is 0.410 e. The monoisotopic (exact) mass is 401 g/mol. The Hall–Kier alpha value is -2.78. The number of carboxylic acids is 1. The molecular weight excluding hydrogens is 370 g/mol. The van der Waals surface area contributed by atoms with E-state index in [0.29, 0.717) is 0 Å². The normalized spacial score (nSPS) is 12.2. The average Bonchev–Trinajstić information content (AvgIpc) is 2.55. The number of likely N-dealkylation sites (N-methyl/N-ethyl adjacent to an activating group) is 2. The third-order valence-electron chi connectivity index (χ3n) is 3.28. The van der Waals surface area contributed by atoms with Crippen LogP contribution in [0.3, 0.4) is 0 Å². The Morgan fingerprint density at radius 1 is 1.14 bits per heavy atom. The van der Waals surface area contributed by atoms with Crippen molar-refractivity contribution in [1.29, 1.82) is 0 Å². The lowest BCUT2D eigenvalue weighted by Gasteiger charge is -2.24. The van der Waals surface area contributed by atoms with Crippen molar-refractivity contribution < 1.29 is 33.8 Å². The molecule has 160 valence electrons. The highest BCUT2D eigenvalue weighted by molar-refractivity contribution is 5.87. The Balaban J connectivity index is 4.32. The van der Waals surface area contributed by atoms with E-state index >= 15 is 0 Å². The predicted molar refractivity (Wildman–Crippen MR) is 102 cm³/mol. The van der Waals surface area contributed by atoms with Gasteiger partial charge in [0, 0.05) is 21.1 Å². The molecule has 0 heterocycles. The molecule has 0 radical (unpaired) electrons. The standard InChI is InChI=1S/C18H31N3O7/c1-18(2,3)28-17(26)21(6)11-12-27-16(25)19-13(15(23)24)9-7-8-10-14(22)20(4)5/h8,10,13H,7,9,11-12H2,1-6H3,(H,19,25)(H,23,24)/b10-8+. The van der Waals surface area contributed by atoms with E-state index in [1.54, 1.807) is 40.9 Å². The Bertz CT molecular complexity index is 582. The maximum atomic E-state index is 11.8. The van der Waals surface area contributed by atoms with Gasteiger partial charge in [-0.3, -0.25) is 4.79 Å². The Kier molecular flexibility index (Phi) is 10.7. The van der Waals surface area contributed by atoms with Crippen LogP contribution in [0, 0.1) is 0 Å². The van der Waals surface area contributed by atoms with Crippen molar-refractivity contribution in [2.24, 2.45) is 0 Å². The molecule has 0 aromatic carbocycles. The second kappa shape index (κ2) is 11.8. The summed E-state index contributed by atoms with van der Waals surface area (Å²) in [6, 6.07) is -1.16. The first kappa shape index (κ1) is 25.2. The van der Waals surface area contributed by atoms with Gasteiger partial charge in [-0.05, 0) is 39.7 Å². The van der Waals surface area contributed by atoms with Gasteiger partial charge in [-0.15, -0.1) is 0 Å². The fourth-order valence-electron chi connectivity index (χ4n) is 1.74. The molecule has 10 nitrogen and oxygen atoms in total. The quantitative estimate of drug-likeness (QED) is 0.560. The van der Waals surface area contributed by atoms with Crippen LogP contribution < -0.4 is 5.32 Å². The Morgan fingerprint density at radius 3 is 2.25 bits per heavy atom. The number of allylic oxidation sites excluding steroid dienone is 1. The summed E-state index contributed by atoms with van der Waals surface area (Å²) in [5.74, 6) is -1.43. The number of rotatable bonds is 9.